The molecule has 0 aromatic carbocycles. The number of hydrogen-bond donors (Lipinski definition) is 2. The summed E-state index contributed by atoms with van der Waals surface area (Å²) < 4.78 is 0. The molecule has 0 heterocycles. The number of nitrogens with zero attached hydrogens (tertiary/aromatic N) is 2. The zero-order chi connectivity index (χ0) is 9.56. The van der Waals surface area contributed by atoms with E-state index >= 15 is 0 Å². The maximum Gasteiger partial charge on any atom is 0.208 e. The standard InChI is InChI=1S/C8H20N4/c1-5-12(6-2)8(11-9)10-7(3)4/h7H,5-6,9H2,1-4H3,(H,10,11). The molecule has 0 saturated heterocycles. The highest BCUT2D eigenvalue weighted by Crippen LogP contribution is 1.92. The van der Waals surface area contributed by atoms with Crippen LogP contribution in [0.3, 0.4) is 0 Å². The smallest absolute Gasteiger partial charge is 0.208 e. The summed E-state index contributed by atoms with van der Waals surface area (Å²) in [5.41, 5.74) is 2.61. The molecule has 0 aliphatic carbocycles. The van der Waals surface area contributed by atoms with Crippen LogP contribution in [0.4, 0.5) is 0 Å². The lowest BCUT2D eigenvalue weighted by Gasteiger charge is -2.22. The SMILES string of the molecule is CCN(CC)C(=NC(C)C)NN. The maximum atomic E-state index is 5.35. The van der Waals surface area contributed by atoms with Gasteiger partial charge in [0.15, 0.2) is 0 Å². The van der Waals surface area contributed by atoms with Gasteiger partial charge in [0.2, 0.25) is 5.96 Å². The molecule has 0 amide bonds. The second kappa shape index (κ2) is 5.83. The highest BCUT2D eigenvalue weighted by molar-refractivity contribution is 5.79. The van der Waals surface area contributed by atoms with Crippen molar-refractivity contribution < 1.29 is 0 Å². The molecule has 0 unspecified atom stereocenters. The molecule has 0 bridgehead atoms. The van der Waals surface area contributed by atoms with Crippen molar-refractivity contribution in [2.45, 2.75) is 33.7 Å². The van der Waals surface area contributed by atoms with E-state index in [1.54, 1.807) is 0 Å². The van der Waals surface area contributed by atoms with Gasteiger partial charge in [-0.2, -0.15) is 0 Å². The van der Waals surface area contributed by atoms with E-state index in [2.05, 4.69) is 29.2 Å². The predicted octanol–water partition coefficient (Wildman–Crippen LogP) is 0.556. The number of rotatable bonds is 3. The fourth-order valence-corrected chi connectivity index (χ4v) is 0.978. The number of nitrogens with one attached hydrogen (secondary N) is 1. The summed E-state index contributed by atoms with van der Waals surface area (Å²) >= 11 is 0. The topological polar surface area (TPSA) is 53.6 Å². The normalized spacial score (nSPS) is 12.0. The number of guanidine groups is 1. The molecule has 0 saturated carbocycles. The van der Waals surface area contributed by atoms with E-state index in [4.69, 9.17) is 5.84 Å². The first kappa shape index (κ1) is 11.2. The minimum Gasteiger partial charge on any atom is -0.342 e. The van der Waals surface area contributed by atoms with E-state index in [0.29, 0.717) is 0 Å². The van der Waals surface area contributed by atoms with Gasteiger partial charge in [0.05, 0.1) is 0 Å². The summed E-state index contributed by atoms with van der Waals surface area (Å²) in [4.78, 5) is 6.43. The van der Waals surface area contributed by atoms with Gasteiger partial charge in [-0.1, -0.05) is 0 Å². The monoisotopic (exact) mass is 172 g/mol. The van der Waals surface area contributed by atoms with Crippen molar-refractivity contribution in [3.05, 3.63) is 0 Å². The first-order valence-corrected chi connectivity index (χ1v) is 4.45. The van der Waals surface area contributed by atoms with E-state index in [9.17, 15) is 0 Å². The third kappa shape index (κ3) is 3.57. The first-order chi connectivity index (χ1) is 5.65. The van der Waals surface area contributed by atoms with Gasteiger partial charge in [-0.15, -0.1) is 0 Å². The lowest BCUT2D eigenvalue weighted by atomic mass is 10.4. The summed E-state index contributed by atoms with van der Waals surface area (Å²) in [7, 11) is 0. The second-order valence-corrected chi connectivity index (χ2v) is 2.86. The minimum absolute atomic E-state index is 0.275. The van der Waals surface area contributed by atoms with Crippen LogP contribution in [0.15, 0.2) is 4.99 Å². The van der Waals surface area contributed by atoms with Gasteiger partial charge >= 0.3 is 0 Å². The van der Waals surface area contributed by atoms with E-state index in [1.807, 2.05) is 13.8 Å². The molecule has 0 rings (SSSR count). The summed E-state index contributed by atoms with van der Waals surface area (Å²) in [5.74, 6) is 6.12. The van der Waals surface area contributed by atoms with Gasteiger partial charge in [0, 0.05) is 19.1 Å². The molecule has 12 heavy (non-hydrogen) atoms. The zero-order valence-electron chi connectivity index (χ0n) is 8.46. The summed E-state index contributed by atoms with van der Waals surface area (Å²) in [5, 5.41) is 0. The fourth-order valence-electron chi connectivity index (χ4n) is 0.978. The Morgan fingerprint density at radius 1 is 1.42 bits per heavy atom. The molecule has 72 valence electrons. The average molecular weight is 172 g/mol. The predicted molar refractivity (Wildman–Crippen MR) is 52.8 cm³/mol. The number of nitrogens with two attached hydrogens (primary N) is 1. The largest absolute Gasteiger partial charge is 0.342 e. The molecule has 0 radical (unpaired) electrons. The zero-order valence-corrected chi connectivity index (χ0v) is 8.46. The van der Waals surface area contributed by atoms with Crippen LogP contribution in [-0.2, 0) is 0 Å². The van der Waals surface area contributed by atoms with Crippen LogP contribution < -0.4 is 11.3 Å². The molecule has 0 atom stereocenters. The van der Waals surface area contributed by atoms with Gasteiger partial charge in [-0.25, -0.2) is 10.8 Å². The van der Waals surface area contributed by atoms with E-state index < -0.39 is 0 Å². The number of hydrogen-bond acceptors (Lipinski definition) is 2. The highest BCUT2D eigenvalue weighted by atomic mass is 15.4. The van der Waals surface area contributed by atoms with Crippen LogP contribution in [0.5, 0.6) is 0 Å². The molecule has 0 spiro atoms. The van der Waals surface area contributed by atoms with Gasteiger partial charge in [-0.05, 0) is 27.7 Å². The third-order valence-corrected chi connectivity index (χ3v) is 1.57. The third-order valence-electron chi connectivity index (χ3n) is 1.57. The fraction of sp³-hybridized carbons (Fsp3) is 0.875. The maximum absolute atomic E-state index is 5.35. The van der Waals surface area contributed by atoms with E-state index in [0.717, 1.165) is 19.0 Å². The Labute approximate surface area is 74.8 Å². The summed E-state index contributed by atoms with van der Waals surface area (Å²) in [6.45, 7) is 10.1. The van der Waals surface area contributed by atoms with Crippen molar-refractivity contribution in [2.75, 3.05) is 13.1 Å². The van der Waals surface area contributed by atoms with Crippen LogP contribution in [0.2, 0.25) is 0 Å². The van der Waals surface area contributed by atoms with Gasteiger partial charge in [0.25, 0.3) is 0 Å². The molecule has 0 aliphatic rings. The second-order valence-electron chi connectivity index (χ2n) is 2.86. The molecular formula is C8H20N4. The van der Waals surface area contributed by atoms with Crippen LogP contribution in [0.1, 0.15) is 27.7 Å². The Balaban J connectivity index is 4.29. The van der Waals surface area contributed by atoms with Crippen molar-refractivity contribution in [2.24, 2.45) is 10.8 Å². The molecule has 0 fully saturated rings. The lowest BCUT2D eigenvalue weighted by Crippen LogP contribution is -2.45. The van der Waals surface area contributed by atoms with Crippen LogP contribution in [-0.4, -0.2) is 30.0 Å². The van der Waals surface area contributed by atoms with Gasteiger partial charge < -0.3 is 4.90 Å². The quantitative estimate of drug-likeness (QED) is 0.283. The summed E-state index contributed by atoms with van der Waals surface area (Å²) in [6.07, 6.45) is 0. The minimum atomic E-state index is 0.275. The van der Waals surface area contributed by atoms with Crippen molar-refractivity contribution in [1.29, 1.82) is 0 Å². The highest BCUT2D eigenvalue weighted by Gasteiger charge is 2.04. The Morgan fingerprint density at radius 2 is 1.92 bits per heavy atom. The lowest BCUT2D eigenvalue weighted by molar-refractivity contribution is 0.443. The van der Waals surface area contributed by atoms with E-state index in [-0.39, 0.29) is 6.04 Å². The van der Waals surface area contributed by atoms with Crippen molar-refractivity contribution in [3.8, 4) is 0 Å². The van der Waals surface area contributed by atoms with Crippen LogP contribution in [0, 0.1) is 0 Å². The Bertz CT molecular complexity index is 138. The Kier molecular flexibility index (Phi) is 5.45. The van der Waals surface area contributed by atoms with Gasteiger partial charge in [0.1, 0.15) is 0 Å². The molecule has 4 nitrogen and oxygen atoms in total. The molecule has 4 heteroatoms. The Hall–Kier alpha value is -0.770. The Morgan fingerprint density at radius 3 is 2.17 bits per heavy atom. The van der Waals surface area contributed by atoms with Crippen LogP contribution in [0.25, 0.3) is 0 Å². The summed E-state index contributed by atoms with van der Waals surface area (Å²) in [6, 6.07) is 0.275. The number of aliphatic imine (C=N–C) groups is 1. The molecule has 0 aliphatic heterocycles. The van der Waals surface area contributed by atoms with Crippen molar-refractivity contribution in [1.82, 2.24) is 10.3 Å². The first-order valence-electron chi connectivity index (χ1n) is 4.45. The van der Waals surface area contributed by atoms with E-state index in [1.165, 1.54) is 0 Å². The molecule has 3 N–H and O–H groups in total. The average Bonchev–Trinajstić information content (AvgIpc) is 2.04. The molecule has 0 aromatic heterocycles. The number of hydrazine groups is 1. The van der Waals surface area contributed by atoms with Crippen LogP contribution >= 0.6 is 0 Å². The van der Waals surface area contributed by atoms with Gasteiger partial charge in [-0.3, -0.25) is 5.43 Å². The van der Waals surface area contributed by atoms with Crippen molar-refractivity contribution in [3.63, 3.8) is 0 Å². The molecular weight excluding hydrogens is 152 g/mol. The van der Waals surface area contributed by atoms with Crippen molar-refractivity contribution >= 4 is 5.96 Å². The molecule has 0 aromatic rings.